The fourth-order valence-corrected chi connectivity index (χ4v) is 3.03. The lowest BCUT2D eigenvalue weighted by atomic mass is 10.00. The number of para-hydroxylation sites is 1. The fourth-order valence-electron chi connectivity index (χ4n) is 2.51. The lowest BCUT2D eigenvalue weighted by Crippen LogP contribution is -2.23. The van der Waals surface area contributed by atoms with Gasteiger partial charge in [-0.1, -0.05) is 41.4 Å². The number of fused-ring (bicyclic) bond motifs is 1. The molecule has 0 aliphatic carbocycles. The number of hydrogen-bond donors (Lipinski definition) is 1. The summed E-state index contributed by atoms with van der Waals surface area (Å²) in [6, 6.07) is 11.0. The molecule has 0 fully saturated rings. The molecule has 2 unspecified atom stereocenters. The average Bonchev–Trinajstić information content (AvgIpc) is 2.92. The van der Waals surface area contributed by atoms with Crippen LogP contribution in [-0.2, 0) is 6.42 Å². The second kappa shape index (κ2) is 5.76. The van der Waals surface area contributed by atoms with Gasteiger partial charge < -0.3 is 14.6 Å². The molecule has 1 aliphatic rings. The summed E-state index contributed by atoms with van der Waals surface area (Å²) in [5, 5.41) is 11.4. The number of aliphatic hydroxyl groups excluding tert-OH is 1. The van der Waals surface area contributed by atoms with Gasteiger partial charge in [-0.3, -0.25) is 0 Å². The van der Waals surface area contributed by atoms with E-state index in [1.54, 1.807) is 12.1 Å². The molecule has 110 valence electrons. The third-order valence-electron chi connectivity index (χ3n) is 3.61. The predicted molar refractivity (Wildman–Crippen MR) is 82.5 cm³/mol. The molecule has 1 aliphatic heterocycles. The van der Waals surface area contributed by atoms with E-state index < -0.39 is 6.10 Å². The molecule has 3 rings (SSSR count). The molecule has 5 heteroatoms. The summed E-state index contributed by atoms with van der Waals surface area (Å²) in [5.74, 6) is 1.28. The Morgan fingerprint density at radius 2 is 2.00 bits per heavy atom. The lowest BCUT2D eigenvalue weighted by Gasteiger charge is -2.20. The Morgan fingerprint density at radius 3 is 2.71 bits per heavy atom. The molecular weight excluding hydrogens is 311 g/mol. The van der Waals surface area contributed by atoms with Gasteiger partial charge >= 0.3 is 0 Å². The van der Waals surface area contributed by atoms with E-state index in [0.717, 1.165) is 11.3 Å². The zero-order chi connectivity index (χ0) is 15.0. The van der Waals surface area contributed by atoms with Crippen molar-refractivity contribution in [1.29, 1.82) is 0 Å². The first kappa shape index (κ1) is 14.5. The molecule has 1 N–H and O–H groups in total. The van der Waals surface area contributed by atoms with Crippen molar-refractivity contribution in [2.75, 3.05) is 7.11 Å². The molecule has 0 saturated carbocycles. The van der Waals surface area contributed by atoms with Crippen LogP contribution in [0, 0.1) is 0 Å². The number of methoxy groups -OCH3 is 1. The van der Waals surface area contributed by atoms with E-state index in [1.807, 2.05) is 24.3 Å². The zero-order valence-electron chi connectivity index (χ0n) is 11.3. The Labute approximate surface area is 133 Å². The molecule has 3 nitrogen and oxygen atoms in total. The van der Waals surface area contributed by atoms with Gasteiger partial charge in [-0.2, -0.15) is 0 Å². The van der Waals surface area contributed by atoms with Crippen molar-refractivity contribution in [2.24, 2.45) is 0 Å². The van der Waals surface area contributed by atoms with Crippen LogP contribution < -0.4 is 9.47 Å². The summed E-state index contributed by atoms with van der Waals surface area (Å²) in [4.78, 5) is 0. The van der Waals surface area contributed by atoms with Crippen LogP contribution in [0.15, 0.2) is 36.4 Å². The third kappa shape index (κ3) is 2.69. The van der Waals surface area contributed by atoms with Crippen LogP contribution in [0.3, 0.4) is 0 Å². The van der Waals surface area contributed by atoms with Crippen molar-refractivity contribution >= 4 is 23.2 Å². The number of rotatable bonds is 3. The molecule has 2 atom stereocenters. The molecule has 0 spiro atoms. The zero-order valence-corrected chi connectivity index (χ0v) is 12.9. The highest BCUT2D eigenvalue weighted by Gasteiger charge is 2.31. The molecule has 0 amide bonds. The summed E-state index contributed by atoms with van der Waals surface area (Å²) in [7, 11) is 1.52. The maximum Gasteiger partial charge on any atom is 0.138 e. The van der Waals surface area contributed by atoms with Gasteiger partial charge in [0.15, 0.2) is 0 Å². The second-order valence-electron chi connectivity index (χ2n) is 4.92. The second-order valence-corrected chi connectivity index (χ2v) is 5.74. The van der Waals surface area contributed by atoms with Crippen molar-refractivity contribution in [2.45, 2.75) is 18.6 Å². The SMILES string of the molecule is COc1cc(Cl)c(C(O)C2Cc3ccccc3O2)cc1Cl. The first-order valence-electron chi connectivity index (χ1n) is 6.55. The highest BCUT2D eigenvalue weighted by molar-refractivity contribution is 6.34. The topological polar surface area (TPSA) is 38.7 Å². The minimum absolute atomic E-state index is 0.371. The molecule has 2 aromatic rings. The van der Waals surface area contributed by atoms with E-state index in [9.17, 15) is 5.11 Å². The molecule has 0 radical (unpaired) electrons. The van der Waals surface area contributed by atoms with Gasteiger partial charge in [-0.25, -0.2) is 0 Å². The monoisotopic (exact) mass is 324 g/mol. The van der Waals surface area contributed by atoms with Crippen molar-refractivity contribution in [3.8, 4) is 11.5 Å². The normalized spacial score (nSPS) is 18.0. The molecule has 0 saturated heterocycles. The standard InChI is InChI=1S/C16H14Cl2O3/c1-20-14-8-11(17)10(7-12(14)18)16(19)15-6-9-4-2-3-5-13(9)21-15/h2-5,7-8,15-16,19H,6H2,1H3. The van der Waals surface area contributed by atoms with Crippen LogP contribution in [0.25, 0.3) is 0 Å². The number of benzene rings is 2. The maximum absolute atomic E-state index is 10.6. The van der Waals surface area contributed by atoms with E-state index in [4.69, 9.17) is 32.7 Å². The predicted octanol–water partition coefficient (Wildman–Crippen LogP) is 4.04. The Hall–Kier alpha value is -1.42. The van der Waals surface area contributed by atoms with Crippen LogP contribution in [0.5, 0.6) is 11.5 Å². The Bertz CT molecular complexity index is 648. The van der Waals surface area contributed by atoms with E-state index in [-0.39, 0.29) is 6.10 Å². The largest absolute Gasteiger partial charge is 0.495 e. The smallest absolute Gasteiger partial charge is 0.138 e. The van der Waals surface area contributed by atoms with Gasteiger partial charge in [0.25, 0.3) is 0 Å². The van der Waals surface area contributed by atoms with Gasteiger partial charge in [0.1, 0.15) is 23.7 Å². The van der Waals surface area contributed by atoms with Gasteiger partial charge in [-0.15, -0.1) is 0 Å². The van der Waals surface area contributed by atoms with Gasteiger partial charge in [0.2, 0.25) is 0 Å². The van der Waals surface area contributed by atoms with Gasteiger partial charge in [-0.05, 0) is 17.7 Å². The number of hydrogen-bond acceptors (Lipinski definition) is 3. The molecule has 0 bridgehead atoms. The quantitative estimate of drug-likeness (QED) is 0.926. The van der Waals surface area contributed by atoms with Crippen molar-refractivity contribution in [3.05, 3.63) is 57.6 Å². The minimum Gasteiger partial charge on any atom is -0.495 e. The molecule has 0 aromatic heterocycles. The summed E-state index contributed by atoms with van der Waals surface area (Å²) < 4.78 is 10.9. The Morgan fingerprint density at radius 1 is 1.24 bits per heavy atom. The summed E-state index contributed by atoms with van der Waals surface area (Å²) in [6.45, 7) is 0. The molecule has 21 heavy (non-hydrogen) atoms. The van der Waals surface area contributed by atoms with E-state index in [2.05, 4.69) is 0 Å². The summed E-state index contributed by atoms with van der Waals surface area (Å²) in [5.41, 5.74) is 1.62. The Balaban J connectivity index is 1.87. The number of ether oxygens (including phenoxy) is 2. The first-order chi connectivity index (χ1) is 10.1. The lowest BCUT2D eigenvalue weighted by molar-refractivity contribution is 0.0492. The minimum atomic E-state index is -0.853. The highest BCUT2D eigenvalue weighted by atomic mass is 35.5. The molecular formula is C16H14Cl2O3. The van der Waals surface area contributed by atoms with Crippen LogP contribution in [0.4, 0.5) is 0 Å². The van der Waals surface area contributed by atoms with E-state index >= 15 is 0 Å². The fraction of sp³-hybridized carbons (Fsp3) is 0.250. The van der Waals surface area contributed by atoms with Crippen LogP contribution in [0.1, 0.15) is 17.2 Å². The number of aliphatic hydroxyl groups is 1. The van der Waals surface area contributed by atoms with Crippen molar-refractivity contribution in [3.63, 3.8) is 0 Å². The third-order valence-corrected chi connectivity index (χ3v) is 4.24. The average molecular weight is 325 g/mol. The van der Waals surface area contributed by atoms with Crippen LogP contribution >= 0.6 is 23.2 Å². The maximum atomic E-state index is 10.6. The van der Waals surface area contributed by atoms with Gasteiger partial charge in [0.05, 0.1) is 17.2 Å². The highest BCUT2D eigenvalue weighted by Crippen LogP contribution is 2.39. The Kier molecular flexibility index (Phi) is 3.98. The van der Waals surface area contributed by atoms with Crippen LogP contribution in [0.2, 0.25) is 10.0 Å². The van der Waals surface area contributed by atoms with E-state index in [1.165, 1.54) is 7.11 Å². The molecule has 1 heterocycles. The molecule has 2 aromatic carbocycles. The van der Waals surface area contributed by atoms with Crippen LogP contribution in [-0.4, -0.2) is 18.3 Å². The van der Waals surface area contributed by atoms with Crippen molar-refractivity contribution < 1.29 is 14.6 Å². The van der Waals surface area contributed by atoms with Gasteiger partial charge in [0, 0.05) is 18.1 Å². The first-order valence-corrected chi connectivity index (χ1v) is 7.31. The summed E-state index contributed by atoms with van der Waals surface area (Å²) >= 11 is 12.3. The van der Waals surface area contributed by atoms with E-state index in [0.29, 0.717) is 27.8 Å². The number of halogens is 2. The summed E-state index contributed by atoms with van der Waals surface area (Å²) in [6.07, 6.45) is -0.588. The van der Waals surface area contributed by atoms with Crippen molar-refractivity contribution in [1.82, 2.24) is 0 Å².